The monoisotopic (exact) mass is 212 g/mol. The normalized spacial score (nSPS) is 9.53. The van der Waals surface area contributed by atoms with E-state index in [1.54, 1.807) is 19.9 Å². The summed E-state index contributed by atoms with van der Waals surface area (Å²) in [6, 6.07) is 1.54. The van der Waals surface area contributed by atoms with E-state index < -0.39 is 6.16 Å². The molecule has 1 aromatic rings. The minimum Gasteiger partial charge on any atom is -0.481 e. The summed E-state index contributed by atoms with van der Waals surface area (Å²) in [6.45, 7) is 3.66. The van der Waals surface area contributed by atoms with Crippen LogP contribution < -0.4 is 9.47 Å². The average molecular weight is 212 g/mol. The molecule has 1 heterocycles. The molecule has 0 unspecified atom stereocenters. The van der Waals surface area contributed by atoms with Crippen LogP contribution in [0.4, 0.5) is 4.79 Å². The van der Waals surface area contributed by atoms with Gasteiger partial charge in [0.1, 0.15) is 0 Å². The quantitative estimate of drug-likeness (QED) is 0.704. The molecule has 0 aliphatic heterocycles. The Bertz CT molecular complexity index is 354. The first-order chi connectivity index (χ1) is 7.15. The van der Waals surface area contributed by atoms with Gasteiger partial charge in [-0.15, -0.1) is 0 Å². The molecule has 0 radical (unpaired) electrons. The fourth-order valence-corrected chi connectivity index (χ4v) is 0.885. The van der Waals surface area contributed by atoms with E-state index in [1.165, 1.54) is 7.11 Å². The SMILES string of the molecule is CCOC(=O)Oc1nc(C)cc(OC)n1. The molecule has 0 amide bonds. The maximum Gasteiger partial charge on any atom is 0.516 e. The minimum absolute atomic E-state index is 0.0784. The molecule has 0 aliphatic carbocycles. The fourth-order valence-electron chi connectivity index (χ4n) is 0.885. The number of carbonyl (C=O) groups excluding carboxylic acids is 1. The van der Waals surface area contributed by atoms with E-state index in [-0.39, 0.29) is 12.6 Å². The second-order valence-corrected chi connectivity index (χ2v) is 2.62. The fraction of sp³-hybridized carbons (Fsp3) is 0.444. The molecule has 0 saturated heterocycles. The zero-order valence-electron chi connectivity index (χ0n) is 8.81. The van der Waals surface area contributed by atoms with E-state index in [2.05, 4.69) is 14.7 Å². The van der Waals surface area contributed by atoms with Crippen LogP contribution in [0.25, 0.3) is 0 Å². The summed E-state index contributed by atoms with van der Waals surface area (Å²) in [7, 11) is 1.47. The van der Waals surface area contributed by atoms with Crippen LogP contribution >= 0.6 is 0 Å². The number of hydrogen-bond acceptors (Lipinski definition) is 6. The Morgan fingerprint density at radius 1 is 1.47 bits per heavy atom. The first kappa shape index (κ1) is 11.2. The molecule has 0 N–H and O–H groups in total. The van der Waals surface area contributed by atoms with Gasteiger partial charge >= 0.3 is 12.2 Å². The van der Waals surface area contributed by atoms with Gasteiger partial charge in [0.25, 0.3) is 0 Å². The maximum absolute atomic E-state index is 11.0. The summed E-state index contributed by atoms with van der Waals surface area (Å²) in [5.74, 6) is 0.335. The van der Waals surface area contributed by atoms with Gasteiger partial charge in [-0.05, 0) is 13.8 Å². The highest BCUT2D eigenvalue weighted by Gasteiger charge is 2.09. The van der Waals surface area contributed by atoms with Crippen molar-refractivity contribution in [2.45, 2.75) is 13.8 Å². The lowest BCUT2D eigenvalue weighted by Gasteiger charge is -2.04. The Balaban J connectivity index is 2.76. The van der Waals surface area contributed by atoms with Crippen molar-refractivity contribution in [2.75, 3.05) is 13.7 Å². The largest absolute Gasteiger partial charge is 0.516 e. The predicted molar refractivity (Wildman–Crippen MR) is 51.0 cm³/mol. The van der Waals surface area contributed by atoms with Crippen molar-refractivity contribution >= 4 is 6.16 Å². The van der Waals surface area contributed by atoms with Gasteiger partial charge < -0.3 is 14.2 Å². The van der Waals surface area contributed by atoms with Gasteiger partial charge in [-0.25, -0.2) is 4.79 Å². The van der Waals surface area contributed by atoms with Crippen LogP contribution in [0, 0.1) is 6.92 Å². The molecule has 82 valence electrons. The van der Waals surface area contributed by atoms with E-state index in [4.69, 9.17) is 9.47 Å². The molecule has 1 aromatic heterocycles. The predicted octanol–water partition coefficient (Wildman–Crippen LogP) is 1.33. The molecule has 6 heteroatoms. The molecule has 0 spiro atoms. The van der Waals surface area contributed by atoms with Crippen LogP contribution in [0.2, 0.25) is 0 Å². The standard InChI is InChI=1S/C9H12N2O4/c1-4-14-9(12)15-8-10-6(2)5-7(11-8)13-3/h5H,4H2,1-3H3. The van der Waals surface area contributed by atoms with Crippen molar-refractivity contribution in [2.24, 2.45) is 0 Å². The van der Waals surface area contributed by atoms with Gasteiger partial charge in [-0.2, -0.15) is 9.97 Å². The van der Waals surface area contributed by atoms with Crippen molar-refractivity contribution in [3.8, 4) is 11.9 Å². The third-order valence-corrected chi connectivity index (χ3v) is 1.46. The number of nitrogens with zero attached hydrogens (tertiary/aromatic N) is 2. The Labute approximate surface area is 87.2 Å². The summed E-state index contributed by atoms with van der Waals surface area (Å²) in [6.07, 6.45) is -0.829. The van der Waals surface area contributed by atoms with E-state index in [0.717, 1.165) is 0 Å². The van der Waals surface area contributed by atoms with Crippen molar-refractivity contribution in [3.63, 3.8) is 0 Å². The Kier molecular flexibility index (Phi) is 3.84. The van der Waals surface area contributed by atoms with Crippen LogP contribution in [0.3, 0.4) is 0 Å². The molecule has 1 rings (SSSR count). The van der Waals surface area contributed by atoms with Crippen molar-refractivity contribution < 1.29 is 19.0 Å². The molecular weight excluding hydrogens is 200 g/mol. The third kappa shape index (κ3) is 3.41. The second-order valence-electron chi connectivity index (χ2n) is 2.62. The Morgan fingerprint density at radius 2 is 2.20 bits per heavy atom. The van der Waals surface area contributed by atoms with Gasteiger partial charge in [0, 0.05) is 11.8 Å². The highest BCUT2D eigenvalue weighted by Crippen LogP contribution is 2.13. The number of methoxy groups -OCH3 is 1. The van der Waals surface area contributed by atoms with Crippen LogP contribution in [0.1, 0.15) is 12.6 Å². The van der Waals surface area contributed by atoms with Gasteiger partial charge in [0.2, 0.25) is 5.88 Å². The molecule has 0 aliphatic rings. The number of aromatic nitrogens is 2. The molecule has 6 nitrogen and oxygen atoms in total. The van der Waals surface area contributed by atoms with Crippen molar-refractivity contribution in [1.29, 1.82) is 0 Å². The molecule has 0 saturated carbocycles. The first-order valence-electron chi connectivity index (χ1n) is 4.40. The van der Waals surface area contributed by atoms with Crippen LogP contribution in [0.15, 0.2) is 6.07 Å². The molecule has 15 heavy (non-hydrogen) atoms. The third-order valence-electron chi connectivity index (χ3n) is 1.46. The summed E-state index contributed by atoms with van der Waals surface area (Å²) < 4.78 is 14.2. The van der Waals surface area contributed by atoms with Crippen LogP contribution in [0.5, 0.6) is 11.9 Å². The molecule has 0 aromatic carbocycles. The average Bonchev–Trinajstić information content (AvgIpc) is 2.17. The van der Waals surface area contributed by atoms with E-state index in [1.807, 2.05) is 0 Å². The summed E-state index contributed by atoms with van der Waals surface area (Å²) in [4.78, 5) is 18.7. The zero-order valence-corrected chi connectivity index (χ0v) is 8.81. The van der Waals surface area contributed by atoms with E-state index in [9.17, 15) is 4.79 Å². The minimum atomic E-state index is -0.829. The summed E-state index contributed by atoms with van der Waals surface area (Å²) >= 11 is 0. The zero-order chi connectivity index (χ0) is 11.3. The van der Waals surface area contributed by atoms with Crippen LogP contribution in [-0.4, -0.2) is 29.8 Å². The molecule has 0 fully saturated rings. The molecule has 0 bridgehead atoms. The molecular formula is C9H12N2O4. The lowest BCUT2D eigenvalue weighted by molar-refractivity contribution is 0.100. The lowest BCUT2D eigenvalue weighted by atomic mass is 10.4. The number of rotatable bonds is 3. The van der Waals surface area contributed by atoms with Gasteiger partial charge in [-0.1, -0.05) is 0 Å². The van der Waals surface area contributed by atoms with Gasteiger partial charge in [0.15, 0.2) is 0 Å². The number of ether oxygens (including phenoxy) is 3. The lowest BCUT2D eigenvalue weighted by Crippen LogP contribution is -2.12. The van der Waals surface area contributed by atoms with Crippen molar-refractivity contribution in [1.82, 2.24) is 9.97 Å². The summed E-state index contributed by atoms with van der Waals surface area (Å²) in [5.41, 5.74) is 0.640. The van der Waals surface area contributed by atoms with Crippen LogP contribution in [-0.2, 0) is 4.74 Å². The maximum atomic E-state index is 11.0. The highest BCUT2D eigenvalue weighted by atomic mass is 16.7. The number of aryl methyl sites for hydroxylation is 1. The Hall–Kier alpha value is -1.85. The first-order valence-corrected chi connectivity index (χ1v) is 4.40. The number of hydrogen-bond donors (Lipinski definition) is 0. The molecule has 0 atom stereocenters. The van der Waals surface area contributed by atoms with E-state index >= 15 is 0 Å². The second kappa shape index (κ2) is 5.14. The smallest absolute Gasteiger partial charge is 0.481 e. The van der Waals surface area contributed by atoms with Crippen molar-refractivity contribution in [3.05, 3.63) is 11.8 Å². The van der Waals surface area contributed by atoms with Gasteiger partial charge in [0.05, 0.1) is 13.7 Å². The highest BCUT2D eigenvalue weighted by molar-refractivity contribution is 5.62. The summed E-state index contributed by atoms with van der Waals surface area (Å²) in [5, 5.41) is 0. The Morgan fingerprint density at radius 3 is 2.80 bits per heavy atom. The van der Waals surface area contributed by atoms with Gasteiger partial charge in [-0.3, -0.25) is 0 Å². The topological polar surface area (TPSA) is 70.5 Å². The van der Waals surface area contributed by atoms with E-state index in [0.29, 0.717) is 11.6 Å². The number of carbonyl (C=O) groups is 1.